The number of ether oxygens (including phenoxy) is 2. The van der Waals surface area contributed by atoms with E-state index >= 15 is 0 Å². The van der Waals surface area contributed by atoms with Gasteiger partial charge in [-0.1, -0.05) is 49.7 Å². The van der Waals surface area contributed by atoms with Gasteiger partial charge < -0.3 is 14.8 Å². The molecule has 4 aliphatic rings. The van der Waals surface area contributed by atoms with Crippen LogP contribution < -0.4 is 14.8 Å². The zero-order valence-electron chi connectivity index (χ0n) is 19.6. The van der Waals surface area contributed by atoms with Crippen molar-refractivity contribution in [3.8, 4) is 11.5 Å². The molecular formula is C28H37NO2. The summed E-state index contributed by atoms with van der Waals surface area (Å²) in [5.74, 6) is 2.53. The van der Waals surface area contributed by atoms with E-state index in [0.29, 0.717) is 23.0 Å². The second-order valence-corrected chi connectivity index (χ2v) is 11.5. The van der Waals surface area contributed by atoms with Crippen LogP contribution in [0.25, 0.3) is 0 Å². The molecule has 1 N–H and O–H groups in total. The van der Waals surface area contributed by atoms with Crippen molar-refractivity contribution in [2.75, 3.05) is 7.11 Å². The molecule has 31 heavy (non-hydrogen) atoms. The van der Waals surface area contributed by atoms with Gasteiger partial charge in [0.2, 0.25) is 0 Å². The highest BCUT2D eigenvalue weighted by Gasteiger charge is 2.59. The Labute approximate surface area is 187 Å². The van der Waals surface area contributed by atoms with E-state index < -0.39 is 0 Å². The van der Waals surface area contributed by atoms with Crippen molar-refractivity contribution in [2.45, 2.75) is 78.0 Å². The van der Waals surface area contributed by atoms with Gasteiger partial charge in [-0.2, -0.15) is 0 Å². The maximum Gasteiger partial charge on any atom is 0.161 e. The SMILES string of the molecule is COc1cc(CNC23CC4C[C@@](C)(C2)C[C@](C)(C4)C3)ccc1OCc1ccc(C)cc1. The summed E-state index contributed by atoms with van der Waals surface area (Å²) in [5.41, 5.74) is 5.09. The van der Waals surface area contributed by atoms with Gasteiger partial charge in [0.05, 0.1) is 7.11 Å². The predicted octanol–water partition coefficient (Wildman–Crippen LogP) is 6.42. The number of methoxy groups -OCH3 is 1. The van der Waals surface area contributed by atoms with Crippen LogP contribution in [0.4, 0.5) is 0 Å². The van der Waals surface area contributed by atoms with Crippen molar-refractivity contribution in [3.63, 3.8) is 0 Å². The van der Waals surface area contributed by atoms with Gasteiger partial charge in [-0.05, 0) is 85.5 Å². The first kappa shape index (κ1) is 20.9. The first-order chi connectivity index (χ1) is 14.8. The topological polar surface area (TPSA) is 30.5 Å². The minimum Gasteiger partial charge on any atom is -0.493 e. The number of hydrogen-bond acceptors (Lipinski definition) is 3. The van der Waals surface area contributed by atoms with E-state index in [1.165, 1.54) is 55.2 Å². The lowest BCUT2D eigenvalue weighted by Gasteiger charge is -2.65. The average molecular weight is 420 g/mol. The van der Waals surface area contributed by atoms with E-state index in [-0.39, 0.29) is 0 Å². The molecule has 0 saturated heterocycles. The maximum atomic E-state index is 6.07. The molecule has 3 heteroatoms. The molecule has 166 valence electrons. The molecule has 4 fully saturated rings. The highest BCUT2D eigenvalue weighted by molar-refractivity contribution is 5.43. The predicted molar refractivity (Wildman–Crippen MR) is 125 cm³/mol. The summed E-state index contributed by atoms with van der Waals surface area (Å²) in [6, 6.07) is 14.9. The Morgan fingerprint density at radius 2 is 1.55 bits per heavy atom. The quantitative estimate of drug-likeness (QED) is 0.561. The summed E-state index contributed by atoms with van der Waals surface area (Å²) in [4.78, 5) is 0. The van der Waals surface area contributed by atoms with Crippen LogP contribution in [-0.2, 0) is 13.2 Å². The largest absolute Gasteiger partial charge is 0.493 e. The number of benzene rings is 2. The molecule has 0 spiro atoms. The number of nitrogens with one attached hydrogen (secondary N) is 1. The monoisotopic (exact) mass is 419 g/mol. The van der Waals surface area contributed by atoms with Gasteiger partial charge in [-0.3, -0.25) is 0 Å². The van der Waals surface area contributed by atoms with Crippen LogP contribution >= 0.6 is 0 Å². The third-order valence-electron chi connectivity index (χ3n) is 8.04. The lowest BCUT2D eigenvalue weighted by Crippen LogP contribution is -2.63. The molecule has 0 radical (unpaired) electrons. The van der Waals surface area contributed by atoms with Crippen LogP contribution in [0.2, 0.25) is 0 Å². The molecule has 0 heterocycles. The molecule has 3 nitrogen and oxygen atoms in total. The molecular weight excluding hydrogens is 382 g/mol. The standard InChI is InChI=1S/C28H37NO2/c1-20-5-7-21(8-6-20)16-31-24-10-9-22(11-25(24)30-4)15-29-28-14-23-12-26(2,18-28)17-27(3,13-23)19-28/h5-11,23,29H,12-19H2,1-4H3/t23?,26-,27+,28?. The van der Waals surface area contributed by atoms with Gasteiger partial charge in [-0.25, -0.2) is 0 Å². The third-order valence-corrected chi connectivity index (χ3v) is 8.04. The van der Waals surface area contributed by atoms with Crippen molar-refractivity contribution in [2.24, 2.45) is 16.7 Å². The molecule has 4 saturated carbocycles. The summed E-state index contributed by atoms with van der Waals surface area (Å²) >= 11 is 0. The Kier molecular flexibility index (Phi) is 5.08. The number of hydrogen-bond donors (Lipinski definition) is 1. The Morgan fingerprint density at radius 1 is 0.871 bits per heavy atom. The fraction of sp³-hybridized carbons (Fsp3) is 0.571. The summed E-state index contributed by atoms with van der Waals surface area (Å²) in [6.07, 6.45) is 8.31. The average Bonchev–Trinajstić information content (AvgIpc) is 2.69. The van der Waals surface area contributed by atoms with Gasteiger partial charge >= 0.3 is 0 Å². The van der Waals surface area contributed by atoms with Crippen molar-refractivity contribution in [1.82, 2.24) is 5.32 Å². The zero-order valence-corrected chi connectivity index (χ0v) is 19.6. The first-order valence-electron chi connectivity index (χ1n) is 11.9. The van der Waals surface area contributed by atoms with E-state index in [2.05, 4.69) is 68.6 Å². The molecule has 4 atom stereocenters. The van der Waals surface area contributed by atoms with Crippen molar-refractivity contribution >= 4 is 0 Å². The van der Waals surface area contributed by atoms with Crippen LogP contribution in [-0.4, -0.2) is 12.6 Å². The molecule has 6 rings (SSSR count). The van der Waals surface area contributed by atoms with Gasteiger partial charge in [0.25, 0.3) is 0 Å². The van der Waals surface area contributed by atoms with Crippen LogP contribution in [0.1, 0.15) is 69.1 Å². The van der Waals surface area contributed by atoms with Gasteiger partial charge in [0.15, 0.2) is 11.5 Å². The first-order valence-corrected chi connectivity index (χ1v) is 11.9. The van der Waals surface area contributed by atoms with Crippen molar-refractivity contribution in [3.05, 3.63) is 59.2 Å². The summed E-state index contributed by atoms with van der Waals surface area (Å²) in [7, 11) is 1.73. The lowest BCUT2D eigenvalue weighted by molar-refractivity contribution is -0.118. The molecule has 2 aromatic rings. The molecule has 0 aromatic heterocycles. The van der Waals surface area contributed by atoms with Crippen molar-refractivity contribution in [1.29, 1.82) is 0 Å². The Morgan fingerprint density at radius 3 is 2.19 bits per heavy atom. The molecule has 0 amide bonds. The Hall–Kier alpha value is -2.00. The number of rotatable bonds is 7. The van der Waals surface area contributed by atoms with Crippen LogP contribution in [0, 0.1) is 23.7 Å². The second-order valence-electron chi connectivity index (χ2n) is 11.5. The highest BCUT2D eigenvalue weighted by Crippen LogP contribution is 2.66. The minimum absolute atomic E-state index is 0.316. The second kappa shape index (κ2) is 7.55. The van der Waals surface area contributed by atoms with Crippen molar-refractivity contribution < 1.29 is 9.47 Å². The summed E-state index contributed by atoms with van der Waals surface area (Å²) in [5, 5.41) is 4.03. The normalized spacial score (nSPS) is 33.5. The third kappa shape index (κ3) is 4.22. The van der Waals surface area contributed by atoms with E-state index in [9.17, 15) is 0 Å². The molecule has 2 unspecified atom stereocenters. The Bertz CT molecular complexity index is 932. The minimum atomic E-state index is 0.316. The fourth-order valence-electron chi connectivity index (χ4n) is 7.72. The van der Waals surface area contributed by atoms with E-state index in [1.54, 1.807) is 7.11 Å². The van der Waals surface area contributed by atoms with Crippen LogP contribution in [0.5, 0.6) is 11.5 Å². The molecule has 4 aliphatic carbocycles. The molecule has 0 aliphatic heterocycles. The summed E-state index contributed by atoms with van der Waals surface area (Å²) in [6.45, 7) is 8.62. The van der Waals surface area contributed by atoms with E-state index in [1.807, 2.05) is 0 Å². The smallest absolute Gasteiger partial charge is 0.161 e. The summed E-state index contributed by atoms with van der Waals surface area (Å²) < 4.78 is 11.7. The van der Waals surface area contributed by atoms with E-state index in [4.69, 9.17) is 9.47 Å². The van der Waals surface area contributed by atoms with Crippen LogP contribution in [0.15, 0.2) is 42.5 Å². The van der Waals surface area contributed by atoms with Gasteiger partial charge in [0, 0.05) is 12.1 Å². The molecule has 2 aromatic carbocycles. The van der Waals surface area contributed by atoms with Crippen LogP contribution in [0.3, 0.4) is 0 Å². The Balaban J connectivity index is 1.26. The van der Waals surface area contributed by atoms with E-state index in [0.717, 1.165) is 24.0 Å². The fourth-order valence-corrected chi connectivity index (χ4v) is 7.72. The maximum absolute atomic E-state index is 6.07. The lowest BCUT2D eigenvalue weighted by atomic mass is 9.43. The van der Waals surface area contributed by atoms with Gasteiger partial charge in [0.1, 0.15) is 6.61 Å². The zero-order chi connectivity index (χ0) is 21.7. The van der Waals surface area contributed by atoms with Gasteiger partial charge in [-0.15, -0.1) is 0 Å². The molecule has 4 bridgehead atoms. The highest BCUT2D eigenvalue weighted by atomic mass is 16.5. The number of aryl methyl sites for hydroxylation is 1.